The van der Waals surface area contributed by atoms with E-state index < -0.39 is 0 Å². The molecule has 0 saturated heterocycles. The van der Waals surface area contributed by atoms with Gasteiger partial charge in [0.15, 0.2) is 0 Å². The smallest absolute Gasteiger partial charge is 0.0791 e. The third-order valence-corrected chi connectivity index (χ3v) is 3.33. The lowest BCUT2D eigenvalue weighted by molar-refractivity contribution is -0.0271. The highest BCUT2D eigenvalue weighted by molar-refractivity contribution is 4.91. The molecule has 0 aromatic rings. The fraction of sp³-hybridized carbons (Fsp3) is 1.00. The topological polar surface area (TPSA) is 47.3 Å². The van der Waals surface area contributed by atoms with Crippen LogP contribution < -0.4 is 11.3 Å². The minimum Gasteiger partial charge on any atom is -0.377 e. The van der Waals surface area contributed by atoms with Crippen molar-refractivity contribution in [1.82, 2.24) is 5.43 Å². The number of methoxy groups -OCH3 is 1. The van der Waals surface area contributed by atoms with Crippen molar-refractivity contribution in [3.05, 3.63) is 0 Å². The van der Waals surface area contributed by atoms with Gasteiger partial charge in [0.1, 0.15) is 0 Å². The summed E-state index contributed by atoms with van der Waals surface area (Å²) in [4.78, 5) is 0. The normalized spacial score (nSPS) is 22.2. The van der Waals surface area contributed by atoms with Crippen LogP contribution in [0.5, 0.6) is 0 Å². The van der Waals surface area contributed by atoms with Crippen molar-refractivity contribution in [2.24, 2.45) is 11.8 Å². The van der Waals surface area contributed by atoms with Crippen LogP contribution in [0.3, 0.4) is 0 Å². The molecule has 0 aromatic carbocycles. The minimum absolute atomic E-state index is 0.163. The Hall–Kier alpha value is -0.120. The number of nitrogens with one attached hydrogen (secondary N) is 1. The maximum Gasteiger partial charge on any atom is 0.0791 e. The Balaban J connectivity index is 2.59. The lowest BCUT2D eigenvalue weighted by Crippen LogP contribution is -2.54. The maximum atomic E-state index is 5.58. The second-order valence-corrected chi connectivity index (χ2v) is 4.50. The van der Waals surface area contributed by atoms with Gasteiger partial charge in [0.2, 0.25) is 0 Å². The van der Waals surface area contributed by atoms with Crippen LogP contribution in [0, 0.1) is 5.92 Å². The fourth-order valence-electron chi connectivity index (χ4n) is 2.32. The Morgan fingerprint density at radius 3 is 2.31 bits per heavy atom. The molecule has 1 saturated carbocycles. The molecule has 1 rings (SSSR count). The highest BCUT2D eigenvalue weighted by atomic mass is 16.5. The van der Waals surface area contributed by atoms with Crippen molar-refractivity contribution in [2.75, 3.05) is 7.11 Å². The average Bonchev–Trinajstić information content (AvgIpc) is 2.58. The molecule has 1 unspecified atom stereocenters. The highest BCUT2D eigenvalue weighted by Crippen LogP contribution is 2.32. The predicted octanol–water partition coefficient (Wildman–Crippen LogP) is 1.43. The van der Waals surface area contributed by atoms with E-state index in [2.05, 4.69) is 19.3 Å². The van der Waals surface area contributed by atoms with E-state index in [1.807, 2.05) is 0 Å². The van der Waals surface area contributed by atoms with E-state index in [1.54, 1.807) is 7.11 Å². The summed E-state index contributed by atoms with van der Waals surface area (Å²) in [5.74, 6) is 6.26. The standard InChI is InChI=1S/C10H22N2O/c1-10(2,13-3)9(12-11)8-6-4-5-7-8/h8-9,12H,4-7,11H2,1-3H3. The largest absolute Gasteiger partial charge is 0.377 e. The van der Waals surface area contributed by atoms with E-state index in [-0.39, 0.29) is 11.6 Å². The van der Waals surface area contributed by atoms with Crippen LogP contribution in [-0.4, -0.2) is 18.8 Å². The first kappa shape index (κ1) is 11.0. The molecule has 0 radical (unpaired) electrons. The monoisotopic (exact) mass is 186 g/mol. The van der Waals surface area contributed by atoms with Gasteiger partial charge in [-0.2, -0.15) is 0 Å². The van der Waals surface area contributed by atoms with E-state index in [1.165, 1.54) is 25.7 Å². The van der Waals surface area contributed by atoms with Gasteiger partial charge in [0.05, 0.1) is 11.6 Å². The first-order valence-electron chi connectivity index (χ1n) is 5.13. The van der Waals surface area contributed by atoms with Gasteiger partial charge in [-0.15, -0.1) is 0 Å². The number of nitrogens with two attached hydrogens (primary N) is 1. The van der Waals surface area contributed by atoms with Gasteiger partial charge < -0.3 is 4.74 Å². The van der Waals surface area contributed by atoms with Crippen LogP contribution in [0.25, 0.3) is 0 Å². The van der Waals surface area contributed by atoms with Crippen molar-refractivity contribution in [3.63, 3.8) is 0 Å². The predicted molar refractivity (Wildman–Crippen MR) is 54.2 cm³/mol. The molecule has 0 aromatic heterocycles. The fourth-order valence-corrected chi connectivity index (χ4v) is 2.32. The van der Waals surface area contributed by atoms with E-state index in [0.29, 0.717) is 5.92 Å². The van der Waals surface area contributed by atoms with E-state index >= 15 is 0 Å². The highest BCUT2D eigenvalue weighted by Gasteiger charge is 2.36. The quantitative estimate of drug-likeness (QED) is 0.516. The summed E-state index contributed by atoms with van der Waals surface area (Å²) in [5.41, 5.74) is 2.75. The van der Waals surface area contributed by atoms with Crippen molar-refractivity contribution >= 4 is 0 Å². The van der Waals surface area contributed by atoms with Gasteiger partial charge >= 0.3 is 0 Å². The second-order valence-electron chi connectivity index (χ2n) is 4.50. The molecule has 0 bridgehead atoms. The summed E-state index contributed by atoms with van der Waals surface area (Å²) in [6, 6.07) is 0.278. The molecule has 1 atom stereocenters. The zero-order chi connectivity index (χ0) is 9.90. The summed E-state index contributed by atoms with van der Waals surface area (Å²) in [7, 11) is 1.75. The molecule has 0 aliphatic heterocycles. The third kappa shape index (κ3) is 2.42. The van der Waals surface area contributed by atoms with Crippen LogP contribution in [-0.2, 0) is 4.74 Å². The first-order valence-corrected chi connectivity index (χ1v) is 5.13. The lowest BCUT2D eigenvalue weighted by atomic mass is 9.86. The SMILES string of the molecule is COC(C)(C)C(NN)C1CCCC1. The number of ether oxygens (including phenoxy) is 1. The summed E-state index contributed by atoms with van der Waals surface area (Å²) in [5, 5.41) is 0. The summed E-state index contributed by atoms with van der Waals surface area (Å²) in [6.07, 6.45) is 5.23. The maximum absolute atomic E-state index is 5.58. The van der Waals surface area contributed by atoms with E-state index in [4.69, 9.17) is 10.6 Å². The zero-order valence-corrected chi connectivity index (χ0v) is 8.97. The van der Waals surface area contributed by atoms with Crippen LogP contribution in [0.2, 0.25) is 0 Å². The van der Waals surface area contributed by atoms with Gasteiger partial charge in [-0.25, -0.2) is 0 Å². The molecule has 0 amide bonds. The average molecular weight is 186 g/mol. The van der Waals surface area contributed by atoms with Crippen molar-refractivity contribution in [2.45, 2.75) is 51.2 Å². The van der Waals surface area contributed by atoms with Crippen LogP contribution in [0.4, 0.5) is 0 Å². The molecule has 1 aliphatic rings. The Morgan fingerprint density at radius 1 is 1.38 bits per heavy atom. The Kier molecular flexibility index (Phi) is 3.71. The van der Waals surface area contributed by atoms with Crippen LogP contribution in [0.1, 0.15) is 39.5 Å². The Labute approximate surface area is 81.0 Å². The van der Waals surface area contributed by atoms with Gasteiger partial charge in [0.25, 0.3) is 0 Å². The molecule has 3 N–H and O–H groups in total. The van der Waals surface area contributed by atoms with Crippen molar-refractivity contribution < 1.29 is 4.74 Å². The Bertz CT molecular complexity index is 153. The summed E-state index contributed by atoms with van der Waals surface area (Å²) >= 11 is 0. The minimum atomic E-state index is -0.163. The van der Waals surface area contributed by atoms with Gasteiger partial charge in [-0.1, -0.05) is 12.8 Å². The zero-order valence-electron chi connectivity index (χ0n) is 8.97. The molecule has 0 heterocycles. The Morgan fingerprint density at radius 2 is 1.92 bits per heavy atom. The molecule has 0 spiro atoms. The third-order valence-electron chi connectivity index (χ3n) is 3.33. The molecule has 13 heavy (non-hydrogen) atoms. The lowest BCUT2D eigenvalue weighted by Gasteiger charge is -2.36. The van der Waals surface area contributed by atoms with Gasteiger partial charge in [-0.3, -0.25) is 11.3 Å². The molecular weight excluding hydrogens is 164 g/mol. The molecular formula is C10H22N2O. The van der Waals surface area contributed by atoms with Gasteiger partial charge in [-0.05, 0) is 32.6 Å². The molecule has 1 fully saturated rings. The molecule has 1 aliphatic carbocycles. The number of hydrogen-bond donors (Lipinski definition) is 2. The van der Waals surface area contributed by atoms with Crippen molar-refractivity contribution in [1.29, 1.82) is 0 Å². The summed E-state index contributed by atoms with van der Waals surface area (Å²) < 4.78 is 5.46. The van der Waals surface area contributed by atoms with Crippen LogP contribution >= 0.6 is 0 Å². The van der Waals surface area contributed by atoms with Gasteiger partial charge in [0, 0.05) is 7.11 Å². The summed E-state index contributed by atoms with van der Waals surface area (Å²) in [6.45, 7) is 4.19. The van der Waals surface area contributed by atoms with E-state index in [0.717, 1.165) is 0 Å². The molecule has 3 heteroatoms. The van der Waals surface area contributed by atoms with Crippen molar-refractivity contribution in [3.8, 4) is 0 Å². The second kappa shape index (κ2) is 4.40. The first-order chi connectivity index (χ1) is 6.11. The number of hydrazine groups is 1. The molecule has 3 nitrogen and oxygen atoms in total. The number of hydrogen-bond acceptors (Lipinski definition) is 3. The van der Waals surface area contributed by atoms with Crippen LogP contribution in [0.15, 0.2) is 0 Å². The van der Waals surface area contributed by atoms with E-state index in [9.17, 15) is 0 Å². The molecule has 78 valence electrons. The number of rotatable bonds is 4.